The Balaban J connectivity index is 2.24. The minimum absolute atomic E-state index is 0.0464. The van der Waals surface area contributed by atoms with Gasteiger partial charge >= 0.3 is 0 Å². The number of benzene rings is 2. The first-order chi connectivity index (χ1) is 12.5. The second kappa shape index (κ2) is 9.67. The monoisotopic (exact) mass is 397 g/mol. The summed E-state index contributed by atoms with van der Waals surface area (Å²) in [6.45, 7) is 0.289. The summed E-state index contributed by atoms with van der Waals surface area (Å²) in [5.41, 5.74) is 1.35. The lowest BCUT2D eigenvalue weighted by atomic mass is 10.1. The molecule has 0 bridgehead atoms. The molecular weight excluding hydrogens is 377 g/mol. The van der Waals surface area contributed by atoms with Crippen molar-refractivity contribution in [3.05, 3.63) is 57.6 Å². The van der Waals surface area contributed by atoms with Gasteiger partial charge in [-0.2, -0.15) is 0 Å². The van der Waals surface area contributed by atoms with Gasteiger partial charge in [0.1, 0.15) is 11.5 Å². The van der Waals surface area contributed by atoms with Gasteiger partial charge in [-0.25, -0.2) is 0 Å². The van der Waals surface area contributed by atoms with Crippen LogP contribution in [0.5, 0.6) is 11.5 Å². The van der Waals surface area contributed by atoms with Crippen molar-refractivity contribution in [2.75, 3.05) is 27.4 Å². The summed E-state index contributed by atoms with van der Waals surface area (Å²) in [4.78, 5) is 14.3. The number of ether oxygens (including phenoxy) is 2. The molecule has 0 atom stereocenters. The third-order valence-electron chi connectivity index (χ3n) is 3.96. The summed E-state index contributed by atoms with van der Waals surface area (Å²) >= 11 is 12.3. The largest absolute Gasteiger partial charge is 0.497 e. The van der Waals surface area contributed by atoms with Crippen molar-refractivity contribution < 1.29 is 19.4 Å². The van der Waals surface area contributed by atoms with E-state index in [-0.39, 0.29) is 32.0 Å². The van der Waals surface area contributed by atoms with Crippen molar-refractivity contribution in [3.63, 3.8) is 0 Å². The normalized spacial score (nSPS) is 10.5. The zero-order chi connectivity index (χ0) is 19.1. The van der Waals surface area contributed by atoms with E-state index < -0.39 is 0 Å². The number of hydrogen-bond acceptors (Lipinski definition) is 4. The fourth-order valence-electron chi connectivity index (χ4n) is 2.59. The molecule has 0 heterocycles. The number of aliphatic hydroxyl groups excluding tert-OH is 1. The number of halogens is 2. The topological polar surface area (TPSA) is 59.0 Å². The van der Waals surface area contributed by atoms with Crippen LogP contribution in [-0.4, -0.2) is 43.3 Å². The van der Waals surface area contributed by atoms with Crippen LogP contribution in [0.15, 0.2) is 36.4 Å². The maximum atomic E-state index is 12.8. The van der Waals surface area contributed by atoms with E-state index in [1.165, 1.54) is 4.90 Å². The Bertz CT molecular complexity index is 747. The van der Waals surface area contributed by atoms with Gasteiger partial charge in [-0.15, -0.1) is 0 Å². The van der Waals surface area contributed by atoms with Crippen molar-refractivity contribution in [2.24, 2.45) is 0 Å². The Kier molecular flexibility index (Phi) is 7.57. The second-order valence-corrected chi connectivity index (χ2v) is 6.41. The first kappa shape index (κ1) is 20.4. The molecule has 0 aromatic heterocycles. The highest BCUT2D eigenvalue weighted by atomic mass is 35.5. The number of carbonyl (C=O) groups excluding carboxylic acids is 1. The highest BCUT2D eigenvalue weighted by Crippen LogP contribution is 2.27. The van der Waals surface area contributed by atoms with Crippen LogP contribution in [0.1, 0.15) is 11.1 Å². The third kappa shape index (κ3) is 5.04. The number of carbonyl (C=O) groups is 1. The van der Waals surface area contributed by atoms with E-state index >= 15 is 0 Å². The molecule has 1 N–H and O–H groups in total. The van der Waals surface area contributed by atoms with Crippen LogP contribution in [0, 0.1) is 0 Å². The molecular formula is C19H21Cl2NO4. The Hall–Kier alpha value is -1.95. The number of hydrogen-bond donors (Lipinski definition) is 1. The standard InChI is InChI=1S/C19H21Cl2NO4/c1-25-14-6-7-18(26-2)13(10-14)12-22(8-9-23)19(24)11-15-16(20)4-3-5-17(15)21/h3-7,10,23H,8-9,11-12H2,1-2H3. The minimum atomic E-state index is -0.195. The number of aliphatic hydroxyl groups is 1. The maximum Gasteiger partial charge on any atom is 0.227 e. The van der Waals surface area contributed by atoms with E-state index in [2.05, 4.69) is 0 Å². The average molecular weight is 398 g/mol. The predicted molar refractivity (Wildman–Crippen MR) is 102 cm³/mol. The quantitative estimate of drug-likeness (QED) is 0.739. The number of nitrogens with zero attached hydrogens (tertiary/aromatic N) is 1. The van der Waals surface area contributed by atoms with E-state index in [0.717, 1.165) is 5.56 Å². The fourth-order valence-corrected chi connectivity index (χ4v) is 3.12. The van der Waals surface area contributed by atoms with Crippen LogP contribution in [0.4, 0.5) is 0 Å². The molecule has 0 aliphatic rings. The van der Waals surface area contributed by atoms with Crippen LogP contribution in [0.3, 0.4) is 0 Å². The molecule has 0 saturated heterocycles. The smallest absolute Gasteiger partial charge is 0.227 e. The SMILES string of the molecule is COc1ccc(OC)c(CN(CCO)C(=O)Cc2c(Cl)cccc2Cl)c1. The van der Waals surface area contributed by atoms with Crippen LogP contribution < -0.4 is 9.47 Å². The molecule has 2 aromatic carbocycles. The number of methoxy groups -OCH3 is 2. The molecule has 5 nitrogen and oxygen atoms in total. The van der Waals surface area contributed by atoms with E-state index in [0.29, 0.717) is 27.1 Å². The van der Waals surface area contributed by atoms with Gasteiger partial charge in [-0.3, -0.25) is 4.79 Å². The van der Waals surface area contributed by atoms with Gasteiger partial charge in [0.15, 0.2) is 0 Å². The Morgan fingerprint density at radius 3 is 2.38 bits per heavy atom. The zero-order valence-electron chi connectivity index (χ0n) is 14.7. The van der Waals surface area contributed by atoms with E-state index in [1.807, 2.05) is 0 Å². The molecule has 0 aliphatic heterocycles. The zero-order valence-corrected chi connectivity index (χ0v) is 16.2. The highest BCUT2D eigenvalue weighted by Gasteiger charge is 2.19. The molecule has 0 spiro atoms. The molecule has 1 amide bonds. The van der Waals surface area contributed by atoms with Crippen LogP contribution in [0.2, 0.25) is 10.0 Å². The summed E-state index contributed by atoms with van der Waals surface area (Å²) in [6, 6.07) is 10.5. The summed E-state index contributed by atoms with van der Waals surface area (Å²) in [5, 5.41) is 10.2. The van der Waals surface area contributed by atoms with Gasteiger partial charge in [-0.05, 0) is 35.9 Å². The lowest BCUT2D eigenvalue weighted by molar-refractivity contribution is -0.131. The van der Waals surface area contributed by atoms with E-state index in [9.17, 15) is 9.90 Å². The molecule has 2 rings (SSSR count). The first-order valence-corrected chi connectivity index (χ1v) is 8.78. The third-order valence-corrected chi connectivity index (χ3v) is 4.67. The average Bonchev–Trinajstić information content (AvgIpc) is 2.64. The van der Waals surface area contributed by atoms with Crippen LogP contribution in [-0.2, 0) is 17.8 Å². The Morgan fingerprint density at radius 2 is 1.81 bits per heavy atom. The van der Waals surface area contributed by atoms with Gasteiger partial charge < -0.3 is 19.5 Å². The maximum absolute atomic E-state index is 12.8. The number of amides is 1. The lowest BCUT2D eigenvalue weighted by Crippen LogP contribution is -2.34. The van der Waals surface area contributed by atoms with E-state index in [4.69, 9.17) is 32.7 Å². The Morgan fingerprint density at radius 1 is 1.12 bits per heavy atom. The lowest BCUT2D eigenvalue weighted by Gasteiger charge is -2.24. The molecule has 0 radical (unpaired) electrons. The Labute approximate surface area is 163 Å². The molecule has 0 aliphatic carbocycles. The van der Waals surface area contributed by atoms with Gasteiger partial charge in [0.05, 0.1) is 27.2 Å². The summed E-state index contributed by atoms with van der Waals surface area (Å²) in [6.07, 6.45) is 0.0464. The van der Waals surface area contributed by atoms with Crippen LogP contribution >= 0.6 is 23.2 Å². The van der Waals surface area contributed by atoms with Gasteiger partial charge in [0.25, 0.3) is 0 Å². The van der Waals surface area contributed by atoms with E-state index in [1.54, 1.807) is 50.6 Å². The van der Waals surface area contributed by atoms with Crippen molar-refractivity contribution in [1.29, 1.82) is 0 Å². The van der Waals surface area contributed by atoms with Gasteiger partial charge in [-0.1, -0.05) is 29.3 Å². The predicted octanol–water partition coefficient (Wildman–Crippen LogP) is 3.57. The molecule has 140 valence electrons. The molecule has 0 fully saturated rings. The van der Waals surface area contributed by atoms with Gasteiger partial charge in [0, 0.05) is 28.7 Å². The summed E-state index contributed by atoms with van der Waals surface area (Å²) in [5.74, 6) is 1.10. The molecule has 7 heteroatoms. The van der Waals surface area contributed by atoms with Crippen LogP contribution in [0.25, 0.3) is 0 Å². The first-order valence-electron chi connectivity index (χ1n) is 8.02. The van der Waals surface area contributed by atoms with Crippen molar-refractivity contribution in [3.8, 4) is 11.5 Å². The second-order valence-electron chi connectivity index (χ2n) is 5.59. The van der Waals surface area contributed by atoms with Crippen molar-refractivity contribution >= 4 is 29.1 Å². The summed E-state index contributed by atoms with van der Waals surface area (Å²) in [7, 11) is 3.13. The molecule has 2 aromatic rings. The molecule has 0 unspecified atom stereocenters. The molecule has 0 saturated carbocycles. The highest BCUT2D eigenvalue weighted by molar-refractivity contribution is 6.36. The van der Waals surface area contributed by atoms with Crippen molar-refractivity contribution in [2.45, 2.75) is 13.0 Å². The van der Waals surface area contributed by atoms with Gasteiger partial charge in [0.2, 0.25) is 5.91 Å². The van der Waals surface area contributed by atoms with Crippen molar-refractivity contribution in [1.82, 2.24) is 4.90 Å². The fraction of sp³-hybridized carbons (Fsp3) is 0.316. The summed E-state index contributed by atoms with van der Waals surface area (Å²) < 4.78 is 10.6. The minimum Gasteiger partial charge on any atom is -0.497 e. The molecule has 26 heavy (non-hydrogen) atoms. The number of rotatable bonds is 8.